The van der Waals surface area contributed by atoms with Gasteiger partial charge in [-0.3, -0.25) is 29.1 Å². The molecule has 12 nitrogen and oxygen atoms in total. The number of likely N-dealkylation sites (tertiary alicyclic amines) is 1. The molecule has 4 aromatic heterocycles. The van der Waals surface area contributed by atoms with E-state index in [0.717, 1.165) is 49.4 Å². The molecule has 2 amide bonds. The van der Waals surface area contributed by atoms with E-state index in [4.69, 9.17) is 0 Å². The normalized spacial score (nSPS) is 18.6. The molecule has 0 bridgehead atoms. The summed E-state index contributed by atoms with van der Waals surface area (Å²) in [5.41, 5.74) is 5.42. The van der Waals surface area contributed by atoms with E-state index in [-0.39, 0.29) is 23.4 Å². The van der Waals surface area contributed by atoms with Gasteiger partial charge in [-0.1, -0.05) is 0 Å². The van der Waals surface area contributed by atoms with E-state index in [1.54, 1.807) is 29.9 Å². The number of rotatable bonds is 6. The van der Waals surface area contributed by atoms with Crippen LogP contribution in [0, 0.1) is 6.92 Å². The third kappa shape index (κ3) is 4.84. The van der Waals surface area contributed by atoms with E-state index in [1.807, 2.05) is 17.1 Å². The van der Waals surface area contributed by atoms with Gasteiger partial charge >= 0.3 is 0 Å². The van der Waals surface area contributed by atoms with Crippen LogP contribution in [0.2, 0.25) is 0 Å². The van der Waals surface area contributed by atoms with Gasteiger partial charge in [-0.25, -0.2) is 4.52 Å². The van der Waals surface area contributed by atoms with Crippen LogP contribution in [0.15, 0.2) is 37.1 Å². The molecule has 2 aliphatic heterocycles. The molecule has 0 saturated carbocycles. The zero-order valence-corrected chi connectivity index (χ0v) is 23.2. The number of carbonyl (C=O) groups is 2. The third-order valence-corrected chi connectivity index (χ3v) is 8.00. The van der Waals surface area contributed by atoms with Crippen molar-refractivity contribution in [3.63, 3.8) is 0 Å². The smallest absolute Gasteiger partial charge is 0.259 e. The monoisotopic (exact) mass is 542 g/mol. The fourth-order valence-electron chi connectivity index (χ4n) is 5.59. The number of nitrogens with zero attached hydrogens (tertiary/aromatic N) is 7. The van der Waals surface area contributed by atoms with Crippen LogP contribution in [0.1, 0.15) is 61.4 Å². The summed E-state index contributed by atoms with van der Waals surface area (Å²) in [6.45, 7) is 11.1. The first kappa shape index (κ1) is 26.1. The first-order chi connectivity index (χ1) is 19.2. The average Bonchev–Trinajstić information content (AvgIpc) is 3.63. The standard InChI is InChI=1S/C28H34N10O2/c1-17-9-29-13-25-20(11-33-38(17)25)23-15-37-24(14-31-23)21(12-32-37)27(40)35-22-8-19(10-30-18(22)2)34-26(39)16-36-7-5-6-28(36,3)4/h8,10-12,14-15,17,29H,5-7,9,13,16H2,1-4H3,(H,34,39)(H,35,40). The molecular weight excluding hydrogens is 508 g/mol. The molecule has 4 aromatic rings. The summed E-state index contributed by atoms with van der Waals surface area (Å²) in [5.74, 6) is -0.440. The highest BCUT2D eigenvalue weighted by Gasteiger charge is 2.33. The lowest BCUT2D eigenvalue weighted by molar-refractivity contribution is -0.118. The van der Waals surface area contributed by atoms with E-state index in [1.165, 1.54) is 6.20 Å². The van der Waals surface area contributed by atoms with Crippen molar-refractivity contribution in [1.82, 2.24) is 39.6 Å². The molecule has 12 heteroatoms. The second-order valence-electron chi connectivity index (χ2n) is 11.3. The molecule has 0 aromatic carbocycles. The van der Waals surface area contributed by atoms with Crippen LogP contribution in [0.4, 0.5) is 11.4 Å². The largest absolute Gasteiger partial charge is 0.324 e. The molecule has 2 aliphatic rings. The first-order valence-electron chi connectivity index (χ1n) is 13.6. The molecule has 6 rings (SSSR count). The predicted octanol–water partition coefficient (Wildman–Crippen LogP) is 3.03. The Kier molecular flexibility index (Phi) is 6.59. The van der Waals surface area contributed by atoms with Crippen molar-refractivity contribution in [2.75, 3.05) is 30.3 Å². The molecule has 6 heterocycles. The Bertz CT molecular complexity index is 1600. The second kappa shape index (κ2) is 10.1. The van der Waals surface area contributed by atoms with Crippen molar-refractivity contribution in [1.29, 1.82) is 0 Å². The number of nitrogens with one attached hydrogen (secondary N) is 3. The van der Waals surface area contributed by atoms with Crippen LogP contribution in [0.5, 0.6) is 0 Å². The number of aromatic nitrogens is 6. The van der Waals surface area contributed by atoms with Crippen LogP contribution < -0.4 is 16.0 Å². The van der Waals surface area contributed by atoms with Gasteiger partial charge in [0.05, 0.1) is 83.1 Å². The van der Waals surface area contributed by atoms with E-state index in [2.05, 4.69) is 61.8 Å². The lowest BCUT2D eigenvalue weighted by atomic mass is 10.0. The summed E-state index contributed by atoms with van der Waals surface area (Å²) < 4.78 is 3.68. The summed E-state index contributed by atoms with van der Waals surface area (Å²) in [4.78, 5) is 37.2. The Morgan fingerprint density at radius 3 is 2.77 bits per heavy atom. The number of anilines is 2. The van der Waals surface area contributed by atoms with Crippen LogP contribution >= 0.6 is 0 Å². The fraction of sp³-hybridized carbons (Fsp3) is 0.429. The van der Waals surface area contributed by atoms with Crippen LogP contribution in [0.3, 0.4) is 0 Å². The minimum absolute atomic E-state index is 0.0141. The number of amides is 2. The zero-order valence-electron chi connectivity index (χ0n) is 23.2. The molecule has 1 atom stereocenters. The lowest BCUT2D eigenvalue weighted by Crippen LogP contribution is -2.42. The van der Waals surface area contributed by atoms with E-state index in [0.29, 0.717) is 34.7 Å². The molecule has 1 unspecified atom stereocenters. The molecular formula is C28H34N10O2. The maximum absolute atomic E-state index is 13.3. The topological polar surface area (TPSA) is 134 Å². The summed E-state index contributed by atoms with van der Waals surface area (Å²) in [6, 6.07) is 2.00. The summed E-state index contributed by atoms with van der Waals surface area (Å²) in [5, 5.41) is 18.2. The molecule has 3 N–H and O–H groups in total. The highest BCUT2D eigenvalue weighted by Crippen LogP contribution is 2.29. The molecule has 0 spiro atoms. The van der Waals surface area contributed by atoms with Gasteiger partial charge in [-0.05, 0) is 53.1 Å². The van der Waals surface area contributed by atoms with E-state index >= 15 is 0 Å². The number of fused-ring (bicyclic) bond motifs is 2. The van der Waals surface area contributed by atoms with Gasteiger partial charge in [0.1, 0.15) is 0 Å². The predicted molar refractivity (Wildman–Crippen MR) is 151 cm³/mol. The van der Waals surface area contributed by atoms with Crippen molar-refractivity contribution >= 4 is 28.7 Å². The van der Waals surface area contributed by atoms with Crippen molar-refractivity contribution in [3.05, 3.63) is 54.0 Å². The zero-order chi connectivity index (χ0) is 28.0. The number of hydrogen-bond donors (Lipinski definition) is 3. The van der Waals surface area contributed by atoms with Gasteiger partial charge in [0.25, 0.3) is 5.91 Å². The number of hydrogen-bond acceptors (Lipinski definition) is 8. The SMILES string of the molecule is Cc1ncc(NC(=O)CN2CCCC2(C)C)cc1NC(=O)c1cnn2cc(-c3cnn4c3CNCC4C)ncc12. The van der Waals surface area contributed by atoms with E-state index < -0.39 is 0 Å². The highest BCUT2D eigenvalue weighted by atomic mass is 16.2. The van der Waals surface area contributed by atoms with Gasteiger partial charge in [0, 0.05) is 24.2 Å². The minimum Gasteiger partial charge on any atom is -0.324 e. The summed E-state index contributed by atoms with van der Waals surface area (Å²) in [7, 11) is 0. The Labute approximate surface area is 232 Å². The Morgan fingerprint density at radius 1 is 1.12 bits per heavy atom. The molecule has 0 radical (unpaired) electrons. The second-order valence-corrected chi connectivity index (χ2v) is 11.3. The van der Waals surface area contributed by atoms with Crippen LogP contribution in [0.25, 0.3) is 16.8 Å². The van der Waals surface area contributed by atoms with Gasteiger partial charge in [-0.15, -0.1) is 0 Å². The number of carbonyl (C=O) groups excluding carboxylic acids is 2. The van der Waals surface area contributed by atoms with Gasteiger partial charge in [0.15, 0.2) is 0 Å². The van der Waals surface area contributed by atoms with Crippen molar-refractivity contribution < 1.29 is 9.59 Å². The highest BCUT2D eigenvalue weighted by molar-refractivity contribution is 6.09. The molecule has 1 fully saturated rings. The Morgan fingerprint density at radius 2 is 1.98 bits per heavy atom. The third-order valence-electron chi connectivity index (χ3n) is 8.00. The van der Waals surface area contributed by atoms with Gasteiger partial charge in [-0.2, -0.15) is 10.2 Å². The maximum Gasteiger partial charge on any atom is 0.259 e. The Balaban J connectivity index is 1.18. The minimum atomic E-state index is -0.335. The van der Waals surface area contributed by atoms with Crippen molar-refractivity contribution in [3.8, 4) is 11.3 Å². The van der Waals surface area contributed by atoms with Crippen molar-refractivity contribution in [2.45, 2.75) is 58.7 Å². The number of aryl methyl sites for hydroxylation is 1. The summed E-state index contributed by atoms with van der Waals surface area (Å²) >= 11 is 0. The van der Waals surface area contributed by atoms with Gasteiger partial charge < -0.3 is 16.0 Å². The average molecular weight is 543 g/mol. The molecule has 0 aliphatic carbocycles. The first-order valence-corrected chi connectivity index (χ1v) is 13.6. The number of pyridine rings is 1. The Hall–Kier alpha value is -4.16. The summed E-state index contributed by atoms with van der Waals surface area (Å²) in [6.07, 6.45) is 10.6. The molecule has 40 heavy (non-hydrogen) atoms. The van der Waals surface area contributed by atoms with E-state index in [9.17, 15) is 9.59 Å². The quantitative estimate of drug-likeness (QED) is 0.339. The van der Waals surface area contributed by atoms with Crippen LogP contribution in [-0.4, -0.2) is 71.2 Å². The fourth-order valence-corrected chi connectivity index (χ4v) is 5.59. The van der Waals surface area contributed by atoms with Gasteiger partial charge in [0.2, 0.25) is 5.91 Å². The molecule has 1 saturated heterocycles. The van der Waals surface area contributed by atoms with Crippen LogP contribution in [-0.2, 0) is 11.3 Å². The maximum atomic E-state index is 13.3. The van der Waals surface area contributed by atoms with Crippen molar-refractivity contribution in [2.24, 2.45) is 0 Å². The lowest BCUT2D eigenvalue weighted by Gasteiger charge is -2.30. The molecule has 208 valence electrons.